The molecule has 5 fully saturated rings. The first-order valence-electron chi connectivity index (χ1n) is 11.5. The van der Waals surface area contributed by atoms with Crippen LogP contribution in [-0.4, -0.2) is 12.2 Å². The topological polar surface area (TPSA) is 33.0 Å². The van der Waals surface area contributed by atoms with Gasteiger partial charge in [0.2, 0.25) is 0 Å². The van der Waals surface area contributed by atoms with E-state index in [1.807, 2.05) is 0 Å². The van der Waals surface area contributed by atoms with Crippen molar-refractivity contribution in [2.75, 3.05) is 0 Å². The molecule has 2 nitrogen and oxygen atoms in total. The number of fused-ring (bicyclic) bond motifs is 5. The zero-order valence-electron chi connectivity index (χ0n) is 17.0. The number of nitrogens with zero attached hydrogens (tertiary/aromatic N) is 1. The van der Waals surface area contributed by atoms with Gasteiger partial charge in [-0.25, -0.2) is 0 Å². The van der Waals surface area contributed by atoms with Crippen LogP contribution >= 0.6 is 0 Å². The van der Waals surface area contributed by atoms with Crippen molar-refractivity contribution >= 4 is 0 Å². The monoisotopic (exact) mass is 355 g/mol. The molecule has 0 heterocycles. The van der Waals surface area contributed by atoms with Crippen molar-refractivity contribution in [2.45, 2.75) is 97.2 Å². The standard InChI is InChI=1S/C24H37NO/c1-15-12-16-4-8-19-20-9-5-17(14-25)23(20,2)11-10-21(19)24(16,3)13-22(15)26-18-6-7-18/h15-22H,4-13H2,1-3H3/t15-,16-,17-,19-,20-,21-,22-,23+,24-/m0/s1. The zero-order valence-corrected chi connectivity index (χ0v) is 17.0. The smallest absolute Gasteiger partial charge is 0.0661 e. The Morgan fingerprint density at radius 2 is 1.69 bits per heavy atom. The molecule has 5 saturated carbocycles. The highest BCUT2D eigenvalue weighted by Gasteiger charge is 2.61. The van der Waals surface area contributed by atoms with E-state index in [0.717, 1.165) is 36.0 Å². The Kier molecular flexibility index (Phi) is 4.03. The average molecular weight is 356 g/mol. The minimum absolute atomic E-state index is 0.311. The molecule has 0 N–H and O–H groups in total. The van der Waals surface area contributed by atoms with Gasteiger partial charge in [0.1, 0.15) is 0 Å². The SMILES string of the molecule is C[C@H]1C[C@@H]2CC[C@@H]3[C@H](CC[C@]4(C)[C@H](C#N)CC[C@@H]34)[C@@]2(C)C[C@@H]1OC1CC1. The van der Waals surface area contributed by atoms with Gasteiger partial charge < -0.3 is 4.74 Å². The van der Waals surface area contributed by atoms with Crippen LogP contribution in [-0.2, 0) is 4.74 Å². The van der Waals surface area contributed by atoms with E-state index < -0.39 is 0 Å². The van der Waals surface area contributed by atoms with Crippen LogP contribution < -0.4 is 0 Å². The van der Waals surface area contributed by atoms with E-state index in [4.69, 9.17) is 4.74 Å². The molecule has 0 aliphatic heterocycles. The molecule has 0 bridgehead atoms. The number of ether oxygens (including phenoxy) is 1. The third kappa shape index (κ3) is 2.45. The van der Waals surface area contributed by atoms with Gasteiger partial charge in [-0.3, -0.25) is 0 Å². The lowest BCUT2D eigenvalue weighted by Crippen LogP contribution is -2.55. The lowest BCUT2D eigenvalue weighted by Gasteiger charge is -2.61. The van der Waals surface area contributed by atoms with Crippen LogP contribution in [0.5, 0.6) is 0 Å². The molecule has 0 aromatic carbocycles. The molecule has 0 unspecified atom stereocenters. The van der Waals surface area contributed by atoms with Crippen molar-refractivity contribution in [3.63, 3.8) is 0 Å². The summed E-state index contributed by atoms with van der Waals surface area (Å²) in [6.45, 7) is 7.55. The molecule has 5 aliphatic rings. The molecule has 144 valence electrons. The van der Waals surface area contributed by atoms with E-state index in [9.17, 15) is 5.26 Å². The van der Waals surface area contributed by atoms with E-state index in [1.165, 1.54) is 57.8 Å². The van der Waals surface area contributed by atoms with Gasteiger partial charge in [0.05, 0.1) is 24.2 Å². The second kappa shape index (κ2) is 5.97. The number of rotatable bonds is 2. The lowest BCUT2D eigenvalue weighted by atomic mass is 9.44. The summed E-state index contributed by atoms with van der Waals surface area (Å²) in [6.07, 6.45) is 14.4. The second-order valence-electron chi connectivity index (χ2n) is 11.3. The van der Waals surface area contributed by atoms with Gasteiger partial charge in [0.25, 0.3) is 0 Å². The molecule has 0 aromatic rings. The Hall–Kier alpha value is -0.550. The Bertz CT molecular complexity index is 606. The molecule has 0 spiro atoms. The summed E-state index contributed by atoms with van der Waals surface area (Å²) in [4.78, 5) is 0. The summed E-state index contributed by atoms with van der Waals surface area (Å²) >= 11 is 0. The molecule has 2 heteroatoms. The van der Waals surface area contributed by atoms with Crippen molar-refractivity contribution in [1.29, 1.82) is 5.26 Å². The highest BCUT2D eigenvalue weighted by atomic mass is 16.5. The van der Waals surface area contributed by atoms with E-state index in [2.05, 4.69) is 26.8 Å². The van der Waals surface area contributed by atoms with Crippen molar-refractivity contribution in [3.05, 3.63) is 0 Å². The summed E-state index contributed by atoms with van der Waals surface area (Å²) in [6, 6.07) is 2.69. The van der Waals surface area contributed by atoms with Crippen LogP contribution in [0.15, 0.2) is 0 Å². The number of nitriles is 1. The summed E-state index contributed by atoms with van der Waals surface area (Å²) < 4.78 is 6.51. The molecule has 0 aromatic heterocycles. The average Bonchev–Trinajstić information content (AvgIpc) is 3.35. The van der Waals surface area contributed by atoms with Gasteiger partial charge >= 0.3 is 0 Å². The van der Waals surface area contributed by atoms with Crippen LogP contribution in [0.3, 0.4) is 0 Å². The molecule has 9 atom stereocenters. The lowest BCUT2D eigenvalue weighted by molar-refractivity contribution is -0.154. The quantitative estimate of drug-likeness (QED) is 0.612. The van der Waals surface area contributed by atoms with E-state index in [1.54, 1.807) is 0 Å². The van der Waals surface area contributed by atoms with Crippen LogP contribution in [0.4, 0.5) is 0 Å². The predicted molar refractivity (Wildman–Crippen MR) is 103 cm³/mol. The van der Waals surface area contributed by atoms with Crippen LogP contribution in [0, 0.1) is 57.7 Å². The molecule has 26 heavy (non-hydrogen) atoms. The van der Waals surface area contributed by atoms with Gasteiger partial charge in [0, 0.05) is 0 Å². The highest BCUT2D eigenvalue weighted by molar-refractivity contribution is 5.13. The predicted octanol–water partition coefficient (Wildman–Crippen LogP) is 5.96. The van der Waals surface area contributed by atoms with Crippen LogP contribution in [0.1, 0.15) is 85.0 Å². The van der Waals surface area contributed by atoms with Crippen molar-refractivity contribution < 1.29 is 4.74 Å². The van der Waals surface area contributed by atoms with E-state index in [0.29, 0.717) is 29.0 Å². The first-order chi connectivity index (χ1) is 12.5. The van der Waals surface area contributed by atoms with Gasteiger partial charge in [-0.2, -0.15) is 5.26 Å². The maximum Gasteiger partial charge on any atom is 0.0661 e. The number of hydrogen-bond donors (Lipinski definition) is 0. The fraction of sp³-hybridized carbons (Fsp3) is 0.958. The summed E-state index contributed by atoms with van der Waals surface area (Å²) in [5.74, 6) is 4.55. The zero-order chi connectivity index (χ0) is 18.1. The van der Waals surface area contributed by atoms with Crippen molar-refractivity contribution in [2.24, 2.45) is 46.3 Å². The fourth-order valence-corrected chi connectivity index (χ4v) is 8.32. The van der Waals surface area contributed by atoms with Gasteiger partial charge in [-0.05, 0) is 105 Å². The Morgan fingerprint density at radius 3 is 2.42 bits per heavy atom. The summed E-state index contributed by atoms with van der Waals surface area (Å²) in [5.41, 5.74) is 0.798. The molecule has 5 rings (SSSR count). The maximum atomic E-state index is 9.69. The van der Waals surface area contributed by atoms with E-state index in [-0.39, 0.29) is 0 Å². The molecule has 5 aliphatic carbocycles. The molecule has 0 saturated heterocycles. The number of hydrogen-bond acceptors (Lipinski definition) is 2. The van der Waals surface area contributed by atoms with Gasteiger partial charge in [-0.15, -0.1) is 0 Å². The maximum absolute atomic E-state index is 9.69. The largest absolute Gasteiger partial charge is 0.375 e. The van der Waals surface area contributed by atoms with Gasteiger partial charge in [0.15, 0.2) is 0 Å². The van der Waals surface area contributed by atoms with Crippen LogP contribution in [0.2, 0.25) is 0 Å². The molecule has 0 amide bonds. The minimum Gasteiger partial charge on any atom is -0.375 e. The Morgan fingerprint density at radius 1 is 0.923 bits per heavy atom. The van der Waals surface area contributed by atoms with E-state index >= 15 is 0 Å². The molecule has 0 radical (unpaired) electrons. The first kappa shape index (κ1) is 17.5. The van der Waals surface area contributed by atoms with Crippen molar-refractivity contribution in [3.8, 4) is 6.07 Å². The Labute approximate surface area is 160 Å². The highest BCUT2D eigenvalue weighted by Crippen LogP contribution is 2.67. The summed E-state index contributed by atoms with van der Waals surface area (Å²) in [7, 11) is 0. The molecular weight excluding hydrogens is 318 g/mol. The normalized spacial score (nSPS) is 56.2. The van der Waals surface area contributed by atoms with Crippen molar-refractivity contribution in [1.82, 2.24) is 0 Å². The van der Waals surface area contributed by atoms with Gasteiger partial charge in [-0.1, -0.05) is 20.8 Å². The third-order valence-corrected chi connectivity index (χ3v) is 10.0. The van der Waals surface area contributed by atoms with Crippen LogP contribution in [0.25, 0.3) is 0 Å². The Balaban J connectivity index is 1.40. The second-order valence-corrected chi connectivity index (χ2v) is 11.3. The first-order valence-corrected chi connectivity index (χ1v) is 11.5. The summed E-state index contributed by atoms with van der Waals surface area (Å²) in [5, 5.41) is 9.69. The minimum atomic E-state index is 0.311. The molecular formula is C24H37NO. The fourth-order valence-electron chi connectivity index (χ4n) is 8.32. The third-order valence-electron chi connectivity index (χ3n) is 10.0.